The summed E-state index contributed by atoms with van der Waals surface area (Å²) in [7, 11) is -1.35. The molecule has 0 rings (SSSR count). The minimum Gasteiger partial charge on any atom is -0.397 e. The van der Waals surface area contributed by atoms with Gasteiger partial charge < -0.3 is 8.85 Å². The topological polar surface area (TPSA) is 18.5 Å². The van der Waals surface area contributed by atoms with E-state index in [9.17, 15) is 0 Å². The van der Waals surface area contributed by atoms with E-state index in [-0.39, 0.29) is 0 Å². The molecule has 0 aromatic heterocycles. The van der Waals surface area contributed by atoms with Crippen molar-refractivity contribution in [1.82, 2.24) is 0 Å². The molecule has 0 fully saturated rings. The van der Waals surface area contributed by atoms with Crippen LogP contribution < -0.4 is 0 Å². The number of allylic oxidation sites excluding steroid dienone is 1. The molecule has 0 heterocycles. The monoisotopic (exact) mass is 160 g/mol. The Labute approximate surface area is 64.7 Å². The van der Waals surface area contributed by atoms with Crippen LogP contribution in [0.5, 0.6) is 0 Å². The van der Waals surface area contributed by atoms with Crippen molar-refractivity contribution in [2.75, 3.05) is 13.2 Å². The van der Waals surface area contributed by atoms with Crippen molar-refractivity contribution in [2.24, 2.45) is 0 Å². The van der Waals surface area contributed by atoms with Gasteiger partial charge in [-0.15, -0.1) is 6.58 Å². The van der Waals surface area contributed by atoms with Crippen LogP contribution in [0.4, 0.5) is 0 Å². The fourth-order valence-corrected chi connectivity index (χ4v) is 2.08. The van der Waals surface area contributed by atoms with Crippen LogP contribution in [0.3, 0.4) is 0 Å². The van der Waals surface area contributed by atoms with Gasteiger partial charge in [0.25, 0.3) is 0 Å². The largest absolute Gasteiger partial charge is 0.397 e. The lowest BCUT2D eigenvalue weighted by molar-refractivity contribution is 0.216. The fourth-order valence-electron chi connectivity index (χ4n) is 0.692. The second kappa shape index (κ2) is 6.99. The highest BCUT2D eigenvalue weighted by atomic mass is 28.3. The second-order valence-electron chi connectivity index (χ2n) is 1.86. The molecule has 3 heteroatoms. The molecule has 2 nitrogen and oxygen atoms in total. The summed E-state index contributed by atoms with van der Waals surface area (Å²) in [6, 6.07) is 0.904. The second-order valence-corrected chi connectivity index (χ2v) is 3.86. The van der Waals surface area contributed by atoms with Crippen LogP contribution in [0.1, 0.15) is 13.8 Å². The van der Waals surface area contributed by atoms with Gasteiger partial charge in [0.15, 0.2) is 0 Å². The van der Waals surface area contributed by atoms with Crippen LogP contribution in [-0.2, 0) is 8.85 Å². The van der Waals surface area contributed by atoms with Crippen LogP contribution in [0.25, 0.3) is 0 Å². The lowest BCUT2D eigenvalue weighted by Crippen LogP contribution is -2.21. The average molecular weight is 160 g/mol. The SMILES string of the molecule is C=CC[SiH](OCC)OCC. The molecule has 0 amide bonds. The molecule has 0 aromatic rings. The molecule has 0 aliphatic heterocycles. The first-order chi connectivity index (χ1) is 4.85. The Morgan fingerprint density at radius 1 is 1.30 bits per heavy atom. The van der Waals surface area contributed by atoms with E-state index in [4.69, 9.17) is 8.85 Å². The maximum Gasteiger partial charge on any atom is 0.325 e. The Balaban J connectivity index is 3.38. The lowest BCUT2D eigenvalue weighted by Gasteiger charge is -2.11. The molecule has 0 spiro atoms. The van der Waals surface area contributed by atoms with Crippen molar-refractivity contribution < 1.29 is 8.85 Å². The zero-order valence-corrected chi connectivity index (χ0v) is 7.95. The molecular weight excluding hydrogens is 144 g/mol. The van der Waals surface area contributed by atoms with Crippen LogP contribution in [-0.4, -0.2) is 22.5 Å². The number of hydrogen-bond acceptors (Lipinski definition) is 2. The Kier molecular flexibility index (Phi) is 6.90. The van der Waals surface area contributed by atoms with Gasteiger partial charge in [0.1, 0.15) is 0 Å². The summed E-state index contributed by atoms with van der Waals surface area (Å²) < 4.78 is 10.7. The number of rotatable bonds is 6. The molecule has 0 saturated heterocycles. The average Bonchev–Trinajstić information content (AvgIpc) is 1.90. The molecule has 0 saturated carbocycles. The standard InChI is InChI=1S/C7H16O2Si/c1-4-7-10(8-5-2)9-6-3/h4,10H,1,5-7H2,2-3H3. The third-order valence-electron chi connectivity index (χ3n) is 1.06. The molecule has 0 N–H and O–H groups in total. The normalized spacial score (nSPS) is 10.3. The summed E-state index contributed by atoms with van der Waals surface area (Å²) in [5.41, 5.74) is 0. The van der Waals surface area contributed by atoms with E-state index in [2.05, 4.69) is 6.58 Å². The third-order valence-corrected chi connectivity index (χ3v) is 3.19. The molecule has 0 aliphatic carbocycles. The molecule has 60 valence electrons. The zero-order chi connectivity index (χ0) is 7.82. The summed E-state index contributed by atoms with van der Waals surface area (Å²) in [5, 5.41) is 0. The molecule has 0 aliphatic rings. The highest BCUT2D eigenvalue weighted by molar-refractivity contribution is 6.44. The van der Waals surface area contributed by atoms with Crippen molar-refractivity contribution in [3.05, 3.63) is 12.7 Å². The molecule has 0 unspecified atom stereocenters. The van der Waals surface area contributed by atoms with E-state index < -0.39 is 9.28 Å². The lowest BCUT2D eigenvalue weighted by atomic mass is 10.8. The minimum absolute atomic E-state index is 0.755. The van der Waals surface area contributed by atoms with Gasteiger partial charge in [0.05, 0.1) is 0 Å². The van der Waals surface area contributed by atoms with Gasteiger partial charge in [-0.05, 0) is 13.8 Å². The Morgan fingerprint density at radius 3 is 2.10 bits per heavy atom. The molecule has 10 heavy (non-hydrogen) atoms. The van der Waals surface area contributed by atoms with Crippen LogP contribution >= 0.6 is 0 Å². The van der Waals surface area contributed by atoms with Gasteiger partial charge in [-0.3, -0.25) is 0 Å². The Morgan fingerprint density at radius 2 is 1.80 bits per heavy atom. The quantitative estimate of drug-likeness (QED) is 0.433. The molecular formula is C7H16O2Si. The van der Waals surface area contributed by atoms with Crippen molar-refractivity contribution in [3.8, 4) is 0 Å². The first-order valence-corrected chi connectivity index (χ1v) is 5.45. The first kappa shape index (κ1) is 9.88. The third kappa shape index (κ3) is 4.73. The van der Waals surface area contributed by atoms with Crippen molar-refractivity contribution in [1.29, 1.82) is 0 Å². The van der Waals surface area contributed by atoms with E-state index in [1.807, 2.05) is 19.9 Å². The molecule has 0 radical (unpaired) electrons. The Bertz CT molecular complexity index is 79.7. The van der Waals surface area contributed by atoms with Gasteiger partial charge in [0, 0.05) is 19.3 Å². The maximum atomic E-state index is 5.37. The highest BCUT2D eigenvalue weighted by Crippen LogP contribution is 1.96. The molecule has 0 atom stereocenters. The fraction of sp³-hybridized carbons (Fsp3) is 0.714. The summed E-state index contributed by atoms with van der Waals surface area (Å²) in [6.45, 7) is 9.13. The number of hydrogen-bond donors (Lipinski definition) is 0. The summed E-state index contributed by atoms with van der Waals surface area (Å²) in [4.78, 5) is 0. The highest BCUT2D eigenvalue weighted by Gasteiger charge is 2.07. The van der Waals surface area contributed by atoms with E-state index in [0.29, 0.717) is 0 Å². The molecule has 0 aromatic carbocycles. The van der Waals surface area contributed by atoms with E-state index in [0.717, 1.165) is 19.3 Å². The first-order valence-electron chi connectivity index (χ1n) is 3.69. The van der Waals surface area contributed by atoms with Crippen molar-refractivity contribution >= 4 is 9.28 Å². The zero-order valence-electron chi connectivity index (χ0n) is 6.80. The van der Waals surface area contributed by atoms with Crippen LogP contribution in [0.2, 0.25) is 6.04 Å². The van der Waals surface area contributed by atoms with Gasteiger partial charge >= 0.3 is 9.28 Å². The van der Waals surface area contributed by atoms with Crippen LogP contribution in [0, 0.1) is 0 Å². The van der Waals surface area contributed by atoms with Crippen molar-refractivity contribution in [3.63, 3.8) is 0 Å². The van der Waals surface area contributed by atoms with Gasteiger partial charge in [-0.1, -0.05) is 6.08 Å². The van der Waals surface area contributed by atoms with Crippen LogP contribution in [0.15, 0.2) is 12.7 Å². The van der Waals surface area contributed by atoms with Gasteiger partial charge in [-0.2, -0.15) is 0 Å². The van der Waals surface area contributed by atoms with E-state index >= 15 is 0 Å². The van der Waals surface area contributed by atoms with Crippen molar-refractivity contribution in [2.45, 2.75) is 19.9 Å². The smallest absolute Gasteiger partial charge is 0.325 e. The predicted octanol–water partition coefficient (Wildman–Crippen LogP) is 1.47. The van der Waals surface area contributed by atoms with Gasteiger partial charge in [-0.25, -0.2) is 0 Å². The summed E-state index contributed by atoms with van der Waals surface area (Å²) in [6.07, 6.45) is 1.86. The van der Waals surface area contributed by atoms with E-state index in [1.165, 1.54) is 0 Å². The van der Waals surface area contributed by atoms with E-state index in [1.54, 1.807) is 0 Å². The maximum absolute atomic E-state index is 5.37. The van der Waals surface area contributed by atoms with Gasteiger partial charge in [0.2, 0.25) is 0 Å². The summed E-state index contributed by atoms with van der Waals surface area (Å²) in [5.74, 6) is 0. The Hall–Kier alpha value is -0.123. The molecule has 0 bridgehead atoms. The summed E-state index contributed by atoms with van der Waals surface area (Å²) >= 11 is 0. The minimum atomic E-state index is -1.35. The predicted molar refractivity (Wildman–Crippen MR) is 45.4 cm³/mol.